The highest BCUT2D eigenvalue weighted by molar-refractivity contribution is 6.42. The van der Waals surface area contributed by atoms with Gasteiger partial charge in [0, 0.05) is 58.2 Å². The molecule has 3 atom stereocenters. The molecule has 55 heavy (non-hydrogen) atoms. The number of ether oxygens (including phenoxy) is 1. The van der Waals surface area contributed by atoms with Crippen LogP contribution in [0.4, 0.5) is 9.59 Å². The Balaban J connectivity index is 1.37. The Morgan fingerprint density at radius 1 is 0.909 bits per heavy atom. The molecular weight excluding hydrogens is 743 g/mol. The van der Waals surface area contributed by atoms with Crippen LogP contribution in [0.5, 0.6) is 0 Å². The van der Waals surface area contributed by atoms with Crippen molar-refractivity contribution in [2.75, 3.05) is 39.3 Å². The van der Waals surface area contributed by atoms with E-state index >= 15 is 0 Å². The lowest BCUT2D eigenvalue weighted by atomic mass is 9.74. The van der Waals surface area contributed by atoms with Gasteiger partial charge in [-0.15, -0.1) is 0 Å². The summed E-state index contributed by atoms with van der Waals surface area (Å²) in [5.74, 6) is -0.352. The third kappa shape index (κ3) is 13.9. The molecule has 0 spiro atoms. The lowest BCUT2D eigenvalue weighted by Crippen LogP contribution is -2.60. The van der Waals surface area contributed by atoms with E-state index in [9.17, 15) is 24.0 Å². The number of piperidine rings is 2. The number of hydrogen-bond donors (Lipinski definition) is 4. The number of amides is 6. The summed E-state index contributed by atoms with van der Waals surface area (Å²) in [5.41, 5.74) is 0.360. The summed E-state index contributed by atoms with van der Waals surface area (Å²) in [6.07, 6.45) is 5.47. The molecule has 12 nitrogen and oxygen atoms in total. The molecule has 0 aromatic heterocycles. The van der Waals surface area contributed by atoms with Gasteiger partial charge >= 0.3 is 12.1 Å². The molecule has 2 aromatic carbocycles. The van der Waals surface area contributed by atoms with E-state index in [1.54, 1.807) is 28.0 Å². The van der Waals surface area contributed by atoms with Crippen molar-refractivity contribution < 1.29 is 28.7 Å². The Kier molecular flexibility index (Phi) is 16.5. The van der Waals surface area contributed by atoms with E-state index in [1.807, 2.05) is 58.0 Å². The van der Waals surface area contributed by atoms with Gasteiger partial charge < -0.3 is 35.8 Å². The summed E-state index contributed by atoms with van der Waals surface area (Å²) in [4.78, 5) is 70.1. The standard InChI is InChI=1S/C41H58Cl2N6O6/c1-5-44-37(52)41(26-29-14-8-6-9-15-29)20-13-23-49(28-41)36(51)34(25-30-18-19-32(42)33(43)24-30)47-38(53)46-31-16-12-22-48(27-31)35(50)17-10-7-11-21-45-39(54)55-40(2,3)4/h6,8-9,14-15,18-19,24,31,34H,5,7,10-13,16-17,20-23,25-28H2,1-4H3,(H,44,52)(H,45,54)(H2,46,47,53)/t31-,34+,41+/m1/s1. The predicted molar refractivity (Wildman–Crippen MR) is 215 cm³/mol. The summed E-state index contributed by atoms with van der Waals surface area (Å²) >= 11 is 12.5. The molecule has 0 aliphatic carbocycles. The molecule has 0 unspecified atom stereocenters. The SMILES string of the molecule is CCNC(=O)[C@]1(Cc2ccccc2)CCCN(C(=O)[C@H](Cc2ccc(Cl)c(Cl)c2)NC(=O)N[C@@H]2CCCN(C(=O)CCCCCNC(=O)OC(C)(C)C)C2)C1. The van der Waals surface area contributed by atoms with Gasteiger partial charge in [-0.25, -0.2) is 9.59 Å². The van der Waals surface area contributed by atoms with Crippen molar-refractivity contribution in [3.63, 3.8) is 0 Å². The van der Waals surface area contributed by atoms with E-state index in [4.69, 9.17) is 27.9 Å². The van der Waals surface area contributed by atoms with Crippen molar-refractivity contribution in [3.8, 4) is 0 Å². The smallest absolute Gasteiger partial charge is 0.407 e. The van der Waals surface area contributed by atoms with Crippen molar-refractivity contribution >= 4 is 53.0 Å². The highest BCUT2D eigenvalue weighted by Crippen LogP contribution is 2.35. The highest BCUT2D eigenvalue weighted by atomic mass is 35.5. The number of rotatable bonds is 15. The second-order valence-corrected chi connectivity index (χ2v) is 16.5. The second kappa shape index (κ2) is 20.8. The minimum Gasteiger partial charge on any atom is -0.444 e. The second-order valence-electron chi connectivity index (χ2n) is 15.7. The number of nitrogens with one attached hydrogen (secondary N) is 4. The van der Waals surface area contributed by atoms with Crippen LogP contribution in [-0.4, -0.2) is 96.6 Å². The summed E-state index contributed by atoms with van der Waals surface area (Å²) < 4.78 is 5.25. The maximum absolute atomic E-state index is 14.4. The molecule has 0 bridgehead atoms. The Bertz CT molecular complexity index is 1620. The van der Waals surface area contributed by atoms with Crippen LogP contribution in [-0.2, 0) is 32.0 Å². The van der Waals surface area contributed by atoms with Gasteiger partial charge in [0.05, 0.1) is 15.5 Å². The van der Waals surface area contributed by atoms with E-state index in [2.05, 4.69) is 21.3 Å². The maximum atomic E-state index is 14.4. The lowest BCUT2D eigenvalue weighted by molar-refractivity contribution is -0.142. The monoisotopic (exact) mass is 800 g/mol. The lowest BCUT2D eigenvalue weighted by Gasteiger charge is -2.43. The molecule has 0 radical (unpaired) electrons. The molecule has 2 aliphatic rings. The van der Waals surface area contributed by atoms with Gasteiger partial charge in [-0.1, -0.05) is 66.0 Å². The number of benzene rings is 2. The van der Waals surface area contributed by atoms with Gasteiger partial charge in [-0.05, 0) is 95.9 Å². The first kappa shape index (κ1) is 43.7. The number of halogens is 2. The fraction of sp³-hybridized carbons (Fsp3) is 0.585. The first-order chi connectivity index (χ1) is 26.2. The Hall–Kier alpha value is -4.03. The average molecular weight is 802 g/mol. The van der Waals surface area contributed by atoms with Crippen LogP contribution in [0.15, 0.2) is 48.5 Å². The van der Waals surface area contributed by atoms with Gasteiger partial charge in [0.25, 0.3) is 0 Å². The van der Waals surface area contributed by atoms with Crippen LogP contribution in [0, 0.1) is 5.41 Å². The van der Waals surface area contributed by atoms with Crippen LogP contribution in [0.3, 0.4) is 0 Å². The zero-order valence-electron chi connectivity index (χ0n) is 32.7. The molecule has 2 fully saturated rings. The summed E-state index contributed by atoms with van der Waals surface area (Å²) in [7, 11) is 0. The Morgan fingerprint density at radius 2 is 1.65 bits per heavy atom. The normalized spacial score (nSPS) is 19.2. The molecule has 2 aromatic rings. The molecule has 302 valence electrons. The minimum atomic E-state index is -0.954. The number of unbranched alkanes of at least 4 members (excludes halogenated alkanes) is 2. The summed E-state index contributed by atoms with van der Waals surface area (Å²) in [6, 6.07) is 13.2. The fourth-order valence-corrected chi connectivity index (χ4v) is 7.66. The largest absolute Gasteiger partial charge is 0.444 e. The van der Waals surface area contributed by atoms with Gasteiger partial charge in [0.15, 0.2) is 0 Å². The zero-order valence-corrected chi connectivity index (χ0v) is 34.2. The number of alkyl carbamates (subject to hydrolysis) is 1. The van der Waals surface area contributed by atoms with Crippen LogP contribution in [0.25, 0.3) is 0 Å². The van der Waals surface area contributed by atoms with Crippen molar-refractivity contribution in [1.82, 2.24) is 31.1 Å². The molecule has 0 saturated carbocycles. The first-order valence-electron chi connectivity index (χ1n) is 19.5. The van der Waals surface area contributed by atoms with Crippen molar-refractivity contribution in [2.45, 2.75) is 110 Å². The van der Waals surface area contributed by atoms with Gasteiger partial charge in [0.2, 0.25) is 17.7 Å². The van der Waals surface area contributed by atoms with Crippen molar-refractivity contribution in [1.29, 1.82) is 0 Å². The molecule has 2 saturated heterocycles. The average Bonchev–Trinajstić information content (AvgIpc) is 3.14. The van der Waals surface area contributed by atoms with E-state index in [1.165, 1.54) is 0 Å². The number of urea groups is 1. The van der Waals surface area contributed by atoms with Crippen LogP contribution < -0.4 is 21.3 Å². The zero-order chi connectivity index (χ0) is 40.0. The molecule has 6 amide bonds. The van der Waals surface area contributed by atoms with Crippen molar-refractivity contribution in [3.05, 3.63) is 69.7 Å². The van der Waals surface area contributed by atoms with Crippen LogP contribution in [0.1, 0.15) is 90.2 Å². The number of carbonyl (C=O) groups is 5. The molecule has 14 heteroatoms. The highest BCUT2D eigenvalue weighted by Gasteiger charge is 2.44. The van der Waals surface area contributed by atoms with E-state index in [0.29, 0.717) is 81.3 Å². The van der Waals surface area contributed by atoms with Gasteiger partial charge in [0.1, 0.15) is 11.6 Å². The van der Waals surface area contributed by atoms with E-state index < -0.39 is 29.2 Å². The van der Waals surface area contributed by atoms with Crippen LogP contribution in [0.2, 0.25) is 10.0 Å². The fourth-order valence-electron chi connectivity index (χ4n) is 7.33. The van der Waals surface area contributed by atoms with Crippen LogP contribution >= 0.6 is 23.2 Å². The van der Waals surface area contributed by atoms with Crippen molar-refractivity contribution in [2.24, 2.45) is 5.41 Å². The van der Waals surface area contributed by atoms with Gasteiger partial charge in [-0.3, -0.25) is 14.4 Å². The Morgan fingerprint density at radius 3 is 2.36 bits per heavy atom. The molecule has 4 rings (SSSR count). The maximum Gasteiger partial charge on any atom is 0.407 e. The molecule has 2 heterocycles. The number of nitrogens with zero attached hydrogens (tertiary/aromatic N) is 2. The number of likely N-dealkylation sites (tertiary alicyclic amines) is 2. The molecular formula is C41H58Cl2N6O6. The minimum absolute atomic E-state index is 0.0240. The topological polar surface area (TPSA) is 149 Å². The Labute approximate surface area is 335 Å². The van der Waals surface area contributed by atoms with E-state index in [0.717, 1.165) is 30.4 Å². The quantitative estimate of drug-likeness (QED) is 0.156. The predicted octanol–water partition coefficient (Wildman–Crippen LogP) is 6.27. The van der Waals surface area contributed by atoms with E-state index in [-0.39, 0.29) is 36.7 Å². The third-order valence-corrected chi connectivity index (χ3v) is 10.7. The number of hydrogen-bond acceptors (Lipinski definition) is 6. The third-order valence-electron chi connectivity index (χ3n) is 9.97. The number of carbonyl (C=O) groups excluding carboxylic acids is 5. The van der Waals surface area contributed by atoms with Gasteiger partial charge in [-0.2, -0.15) is 0 Å². The summed E-state index contributed by atoms with van der Waals surface area (Å²) in [6.45, 7) is 9.93. The first-order valence-corrected chi connectivity index (χ1v) is 20.3. The molecule has 2 aliphatic heterocycles. The molecule has 4 N–H and O–H groups in total. The summed E-state index contributed by atoms with van der Waals surface area (Å²) in [5, 5.41) is 12.4.